The van der Waals surface area contributed by atoms with Gasteiger partial charge in [-0.15, -0.1) is 0 Å². The van der Waals surface area contributed by atoms with Gasteiger partial charge < -0.3 is 14.6 Å². The Morgan fingerprint density at radius 1 is 1.42 bits per heavy atom. The fourth-order valence-electron chi connectivity index (χ4n) is 1.60. The minimum Gasteiger partial charge on any atom is -0.482 e. The van der Waals surface area contributed by atoms with Crippen LogP contribution < -0.4 is 4.74 Å². The molecule has 106 valence electrons. The van der Waals surface area contributed by atoms with Gasteiger partial charge in [-0.1, -0.05) is 19.4 Å². The Labute approximate surface area is 114 Å². The van der Waals surface area contributed by atoms with Crippen LogP contribution in [0.5, 0.6) is 5.75 Å². The summed E-state index contributed by atoms with van der Waals surface area (Å²) in [6.45, 7) is 5.98. The summed E-state index contributed by atoms with van der Waals surface area (Å²) in [6.07, 6.45) is 1.36. The third kappa shape index (κ3) is 5.30. The summed E-state index contributed by atoms with van der Waals surface area (Å²) >= 11 is 0. The number of ether oxygens (including phenoxy) is 2. The highest BCUT2D eigenvalue weighted by Crippen LogP contribution is 2.22. The second kappa shape index (κ2) is 7.79. The summed E-state index contributed by atoms with van der Waals surface area (Å²) in [7, 11) is 0. The maximum Gasteiger partial charge on any atom is 0.344 e. The first-order valence-electron chi connectivity index (χ1n) is 6.61. The first-order valence-corrected chi connectivity index (χ1v) is 6.61. The van der Waals surface area contributed by atoms with Gasteiger partial charge in [0.1, 0.15) is 5.75 Å². The number of aryl methyl sites for hydroxylation is 1. The molecule has 1 aromatic carbocycles. The summed E-state index contributed by atoms with van der Waals surface area (Å²) in [5.74, 6) is 0.282. The zero-order chi connectivity index (χ0) is 14.3. The Morgan fingerprint density at radius 2 is 2.16 bits per heavy atom. The molecule has 0 amide bonds. The Kier molecular flexibility index (Phi) is 6.36. The molecule has 0 aliphatic heterocycles. The number of unbranched alkanes of at least 4 members (excludes halogenated alkanes) is 1. The highest BCUT2D eigenvalue weighted by Gasteiger charge is 2.08. The van der Waals surface area contributed by atoms with Crippen molar-refractivity contribution in [2.45, 2.75) is 39.7 Å². The maximum atomic E-state index is 11.4. The molecule has 1 atom stereocenters. The van der Waals surface area contributed by atoms with Crippen LogP contribution in [0.4, 0.5) is 0 Å². The number of aliphatic hydroxyl groups is 1. The molecular formula is C15H22O4. The summed E-state index contributed by atoms with van der Waals surface area (Å²) in [6, 6.07) is 5.40. The van der Waals surface area contributed by atoms with Crippen molar-refractivity contribution in [2.75, 3.05) is 13.2 Å². The minimum absolute atomic E-state index is 0.0847. The second-order valence-corrected chi connectivity index (χ2v) is 4.56. The molecule has 0 radical (unpaired) electrons. The molecule has 0 fully saturated rings. The van der Waals surface area contributed by atoms with Gasteiger partial charge in [-0.25, -0.2) is 4.79 Å². The first kappa shape index (κ1) is 15.5. The molecule has 1 rings (SSSR count). The van der Waals surface area contributed by atoms with E-state index in [9.17, 15) is 9.90 Å². The average molecular weight is 266 g/mol. The van der Waals surface area contributed by atoms with Crippen molar-refractivity contribution in [3.63, 3.8) is 0 Å². The Bertz CT molecular complexity index is 413. The molecule has 0 unspecified atom stereocenters. The molecule has 1 aromatic rings. The van der Waals surface area contributed by atoms with Crippen LogP contribution >= 0.6 is 0 Å². The normalized spacial score (nSPS) is 12.0. The lowest BCUT2D eigenvalue weighted by atomic mass is 10.1. The number of carbonyl (C=O) groups excluding carboxylic acids is 1. The van der Waals surface area contributed by atoms with Gasteiger partial charge in [-0.2, -0.15) is 0 Å². The number of carbonyl (C=O) groups is 1. The molecule has 0 saturated carbocycles. The monoisotopic (exact) mass is 266 g/mol. The summed E-state index contributed by atoms with van der Waals surface area (Å²) in [4.78, 5) is 11.4. The maximum absolute atomic E-state index is 11.4. The van der Waals surface area contributed by atoms with E-state index in [1.165, 1.54) is 0 Å². The lowest BCUT2D eigenvalue weighted by Gasteiger charge is -2.11. The zero-order valence-electron chi connectivity index (χ0n) is 11.8. The van der Waals surface area contributed by atoms with Crippen molar-refractivity contribution < 1.29 is 19.4 Å². The van der Waals surface area contributed by atoms with Gasteiger partial charge in [0.25, 0.3) is 0 Å². The van der Waals surface area contributed by atoms with Crippen molar-refractivity contribution in [1.29, 1.82) is 0 Å². The first-order chi connectivity index (χ1) is 9.04. The highest BCUT2D eigenvalue weighted by atomic mass is 16.6. The van der Waals surface area contributed by atoms with Crippen LogP contribution in [0.3, 0.4) is 0 Å². The quantitative estimate of drug-likeness (QED) is 0.609. The lowest BCUT2D eigenvalue weighted by molar-refractivity contribution is -0.146. The molecule has 0 aromatic heterocycles. The van der Waals surface area contributed by atoms with E-state index in [0.717, 1.165) is 24.0 Å². The number of benzene rings is 1. The van der Waals surface area contributed by atoms with Gasteiger partial charge >= 0.3 is 5.97 Å². The third-order valence-corrected chi connectivity index (χ3v) is 2.79. The fraction of sp³-hybridized carbons (Fsp3) is 0.533. The van der Waals surface area contributed by atoms with E-state index in [2.05, 4.69) is 0 Å². The van der Waals surface area contributed by atoms with E-state index in [-0.39, 0.29) is 12.6 Å². The van der Waals surface area contributed by atoms with Crippen LogP contribution in [0, 0.1) is 6.92 Å². The Hall–Kier alpha value is -1.55. The predicted octanol–water partition coefficient (Wildman–Crippen LogP) is 2.77. The van der Waals surface area contributed by atoms with Crippen LogP contribution in [0.15, 0.2) is 18.2 Å². The molecule has 0 bridgehead atoms. The van der Waals surface area contributed by atoms with E-state index in [1.54, 1.807) is 19.1 Å². The average Bonchev–Trinajstić information content (AvgIpc) is 2.37. The number of hydrogen-bond acceptors (Lipinski definition) is 4. The SMILES string of the molecule is CCCCOC(=O)COc1ccc([C@H](C)O)cc1C. The van der Waals surface area contributed by atoms with E-state index in [4.69, 9.17) is 9.47 Å². The van der Waals surface area contributed by atoms with Gasteiger partial charge in [0, 0.05) is 0 Å². The lowest BCUT2D eigenvalue weighted by Crippen LogP contribution is -2.15. The fourth-order valence-corrected chi connectivity index (χ4v) is 1.60. The summed E-state index contributed by atoms with van der Waals surface area (Å²) < 4.78 is 10.4. The highest BCUT2D eigenvalue weighted by molar-refractivity contribution is 5.71. The molecule has 0 aliphatic rings. The van der Waals surface area contributed by atoms with Crippen molar-refractivity contribution in [2.24, 2.45) is 0 Å². The number of esters is 1. The van der Waals surface area contributed by atoms with E-state index >= 15 is 0 Å². The summed E-state index contributed by atoms with van der Waals surface area (Å²) in [5, 5.41) is 9.46. The molecule has 0 aliphatic carbocycles. The van der Waals surface area contributed by atoms with Gasteiger partial charge in [0.05, 0.1) is 12.7 Å². The molecule has 4 heteroatoms. The zero-order valence-corrected chi connectivity index (χ0v) is 11.8. The molecule has 0 saturated heterocycles. The van der Waals surface area contributed by atoms with Crippen molar-refractivity contribution in [1.82, 2.24) is 0 Å². The summed E-state index contributed by atoms with van der Waals surface area (Å²) in [5.41, 5.74) is 1.72. The topological polar surface area (TPSA) is 55.8 Å². The molecule has 4 nitrogen and oxygen atoms in total. The number of aliphatic hydroxyl groups excluding tert-OH is 1. The van der Waals surface area contributed by atoms with Crippen LogP contribution in [0.2, 0.25) is 0 Å². The molecule has 19 heavy (non-hydrogen) atoms. The van der Waals surface area contributed by atoms with Crippen molar-refractivity contribution in [3.05, 3.63) is 29.3 Å². The van der Waals surface area contributed by atoms with Gasteiger partial charge in [0.15, 0.2) is 6.61 Å². The number of rotatable bonds is 7. The van der Waals surface area contributed by atoms with Gasteiger partial charge in [-0.05, 0) is 43.5 Å². The van der Waals surface area contributed by atoms with Gasteiger partial charge in [-0.3, -0.25) is 0 Å². The standard InChI is InChI=1S/C15H22O4/c1-4-5-8-18-15(17)10-19-14-7-6-13(12(3)16)9-11(14)2/h6-7,9,12,16H,4-5,8,10H2,1-3H3/t12-/m0/s1. The largest absolute Gasteiger partial charge is 0.482 e. The Balaban J connectivity index is 2.47. The third-order valence-electron chi connectivity index (χ3n) is 2.79. The van der Waals surface area contributed by atoms with Gasteiger partial charge in [0.2, 0.25) is 0 Å². The van der Waals surface area contributed by atoms with E-state index in [0.29, 0.717) is 12.4 Å². The molecular weight excluding hydrogens is 244 g/mol. The minimum atomic E-state index is -0.508. The smallest absolute Gasteiger partial charge is 0.344 e. The van der Waals surface area contributed by atoms with Crippen molar-refractivity contribution >= 4 is 5.97 Å². The molecule has 0 spiro atoms. The van der Waals surface area contributed by atoms with Crippen LogP contribution in [-0.4, -0.2) is 24.3 Å². The molecule has 1 N–H and O–H groups in total. The predicted molar refractivity (Wildman–Crippen MR) is 73.2 cm³/mol. The number of hydrogen-bond donors (Lipinski definition) is 1. The van der Waals surface area contributed by atoms with Crippen molar-refractivity contribution in [3.8, 4) is 5.75 Å². The second-order valence-electron chi connectivity index (χ2n) is 4.56. The van der Waals surface area contributed by atoms with Crippen LogP contribution in [0.1, 0.15) is 43.9 Å². The molecule has 0 heterocycles. The van der Waals surface area contributed by atoms with Crippen LogP contribution in [0.25, 0.3) is 0 Å². The van der Waals surface area contributed by atoms with E-state index in [1.807, 2.05) is 19.9 Å². The Morgan fingerprint density at radius 3 is 2.74 bits per heavy atom. The van der Waals surface area contributed by atoms with E-state index < -0.39 is 6.10 Å². The van der Waals surface area contributed by atoms with Crippen LogP contribution in [-0.2, 0) is 9.53 Å².